The molecule has 0 radical (unpaired) electrons. The second kappa shape index (κ2) is 7.94. The van der Waals surface area contributed by atoms with Crippen LogP contribution in [-0.4, -0.2) is 32.3 Å². The number of para-hydroxylation sites is 2. The van der Waals surface area contributed by atoms with Gasteiger partial charge in [-0.3, -0.25) is 0 Å². The molecule has 0 aromatic heterocycles. The Morgan fingerprint density at radius 1 is 1.14 bits per heavy atom. The van der Waals surface area contributed by atoms with Crippen LogP contribution in [0.4, 0.5) is 5.69 Å². The van der Waals surface area contributed by atoms with E-state index in [0.717, 1.165) is 6.08 Å². The Kier molecular flexibility index (Phi) is 6.26. The van der Waals surface area contributed by atoms with Gasteiger partial charge in [0.25, 0.3) is 0 Å². The number of hydrogen-bond donors (Lipinski definition) is 1. The second-order valence-electron chi connectivity index (χ2n) is 4.36. The topological polar surface area (TPSA) is 73.9 Å². The molecular formula is C15H19NO5. The largest absolute Gasteiger partial charge is 0.489 e. The number of benzene rings is 1. The van der Waals surface area contributed by atoms with E-state index < -0.39 is 11.9 Å². The maximum Gasteiger partial charge on any atom is 0.354 e. The van der Waals surface area contributed by atoms with Crippen molar-refractivity contribution in [3.8, 4) is 5.75 Å². The Labute approximate surface area is 123 Å². The third-order valence-corrected chi connectivity index (χ3v) is 2.39. The molecule has 0 bridgehead atoms. The molecule has 1 N–H and O–H groups in total. The minimum atomic E-state index is -0.681. The fourth-order valence-electron chi connectivity index (χ4n) is 1.50. The van der Waals surface area contributed by atoms with Crippen molar-refractivity contribution >= 4 is 17.6 Å². The maximum atomic E-state index is 11.7. The molecule has 21 heavy (non-hydrogen) atoms. The van der Waals surface area contributed by atoms with Crippen molar-refractivity contribution in [3.05, 3.63) is 36.0 Å². The first-order chi connectivity index (χ1) is 9.97. The third kappa shape index (κ3) is 5.18. The molecule has 0 saturated heterocycles. The van der Waals surface area contributed by atoms with Gasteiger partial charge in [0.15, 0.2) is 0 Å². The average Bonchev–Trinajstić information content (AvgIpc) is 2.46. The molecule has 1 aromatic rings. The van der Waals surface area contributed by atoms with E-state index in [1.165, 1.54) is 14.2 Å². The van der Waals surface area contributed by atoms with E-state index in [-0.39, 0.29) is 11.8 Å². The van der Waals surface area contributed by atoms with Crippen molar-refractivity contribution in [3.63, 3.8) is 0 Å². The van der Waals surface area contributed by atoms with E-state index in [4.69, 9.17) is 4.74 Å². The van der Waals surface area contributed by atoms with Gasteiger partial charge in [-0.2, -0.15) is 0 Å². The molecule has 0 aliphatic rings. The summed E-state index contributed by atoms with van der Waals surface area (Å²) in [6.07, 6.45) is 0.997. The van der Waals surface area contributed by atoms with Crippen molar-refractivity contribution in [1.29, 1.82) is 0 Å². The number of nitrogens with one attached hydrogen (secondary N) is 1. The number of methoxy groups -OCH3 is 2. The fourth-order valence-corrected chi connectivity index (χ4v) is 1.50. The molecule has 0 saturated carbocycles. The Bertz CT molecular complexity index is 537. The minimum Gasteiger partial charge on any atom is -0.489 e. The third-order valence-electron chi connectivity index (χ3n) is 2.39. The molecule has 114 valence electrons. The van der Waals surface area contributed by atoms with Crippen molar-refractivity contribution in [2.45, 2.75) is 20.0 Å². The zero-order chi connectivity index (χ0) is 15.8. The van der Waals surface area contributed by atoms with Gasteiger partial charge in [0.1, 0.15) is 11.4 Å². The Hall–Kier alpha value is -2.50. The van der Waals surface area contributed by atoms with Crippen LogP contribution >= 0.6 is 0 Å². The number of esters is 2. The summed E-state index contributed by atoms with van der Waals surface area (Å²) in [5, 5.41) is 2.83. The Morgan fingerprint density at radius 3 is 2.38 bits per heavy atom. The Morgan fingerprint density at radius 2 is 1.81 bits per heavy atom. The van der Waals surface area contributed by atoms with E-state index in [0.29, 0.717) is 11.4 Å². The van der Waals surface area contributed by atoms with Crippen molar-refractivity contribution in [2.24, 2.45) is 0 Å². The zero-order valence-electron chi connectivity index (χ0n) is 12.5. The summed E-state index contributed by atoms with van der Waals surface area (Å²) in [6.45, 7) is 3.78. The highest BCUT2D eigenvalue weighted by Gasteiger charge is 2.15. The SMILES string of the molecule is COC(=O)/C=C(/Nc1ccccc1OC(C)C)C(=O)OC. The summed E-state index contributed by atoms with van der Waals surface area (Å²) in [4.78, 5) is 23.0. The summed E-state index contributed by atoms with van der Waals surface area (Å²) < 4.78 is 14.8. The summed E-state index contributed by atoms with van der Waals surface area (Å²) in [6, 6.07) is 7.08. The summed E-state index contributed by atoms with van der Waals surface area (Å²) in [5.41, 5.74) is 0.510. The van der Waals surface area contributed by atoms with E-state index >= 15 is 0 Å². The number of carbonyl (C=O) groups is 2. The molecule has 6 heteroatoms. The van der Waals surface area contributed by atoms with Gasteiger partial charge in [0, 0.05) is 0 Å². The lowest BCUT2D eigenvalue weighted by Gasteiger charge is -2.16. The average molecular weight is 293 g/mol. The predicted molar refractivity (Wildman–Crippen MR) is 77.9 cm³/mol. The molecule has 6 nitrogen and oxygen atoms in total. The van der Waals surface area contributed by atoms with Gasteiger partial charge < -0.3 is 19.5 Å². The normalized spacial score (nSPS) is 11.0. The van der Waals surface area contributed by atoms with Crippen LogP contribution in [0.5, 0.6) is 5.75 Å². The molecule has 0 heterocycles. The number of rotatable bonds is 6. The number of hydrogen-bond acceptors (Lipinski definition) is 6. The van der Waals surface area contributed by atoms with Gasteiger partial charge in [-0.05, 0) is 26.0 Å². The van der Waals surface area contributed by atoms with Crippen LogP contribution in [0.2, 0.25) is 0 Å². The minimum absolute atomic E-state index is 0.0286. The van der Waals surface area contributed by atoms with Crippen LogP contribution in [0.3, 0.4) is 0 Å². The number of ether oxygens (including phenoxy) is 3. The first-order valence-corrected chi connectivity index (χ1v) is 6.38. The molecule has 0 atom stereocenters. The van der Waals surface area contributed by atoms with E-state index in [2.05, 4.69) is 14.8 Å². The van der Waals surface area contributed by atoms with Crippen LogP contribution in [0.15, 0.2) is 36.0 Å². The van der Waals surface area contributed by atoms with Crippen LogP contribution < -0.4 is 10.1 Å². The lowest BCUT2D eigenvalue weighted by atomic mass is 10.2. The van der Waals surface area contributed by atoms with Gasteiger partial charge in [0.2, 0.25) is 0 Å². The molecule has 0 unspecified atom stereocenters. The zero-order valence-corrected chi connectivity index (χ0v) is 12.5. The van der Waals surface area contributed by atoms with Gasteiger partial charge >= 0.3 is 11.9 Å². The first-order valence-electron chi connectivity index (χ1n) is 6.38. The maximum absolute atomic E-state index is 11.7. The molecule has 0 aliphatic carbocycles. The molecule has 1 rings (SSSR count). The molecule has 0 aliphatic heterocycles. The highest BCUT2D eigenvalue weighted by Crippen LogP contribution is 2.26. The van der Waals surface area contributed by atoms with E-state index in [1.807, 2.05) is 19.9 Å². The fraction of sp³-hybridized carbons (Fsp3) is 0.333. The predicted octanol–water partition coefficient (Wildman–Crippen LogP) is 2.12. The van der Waals surface area contributed by atoms with Crippen molar-refractivity contribution in [1.82, 2.24) is 0 Å². The van der Waals surface area contributed by atoms with Gasteiger partial charge in [-0.25, -0.2) is 9.59 Å². The van der Waals surface area contributed by atoms with Gasteiger partial charge in [-0.1, -0.05) is 12.1 Å². The van der Waals surface area contributed by atoms with Crippen molar-refractivity contribution < 1.29 is 23.8 Å². The number of anilines is 1. The van der Waals surface area contributed by atoms with E-state index in [9.17, 15) is 9.59 Å². The lowest BCUT2D eigenvalue weighted by Crippen LogP contribution is -2.16. The molecule has 1 aromatic carbocycles. The second-order valence-corrected chi connectivity index (χ2v) is 4.36. The molecule has 0 amide bonds. The summed E-state index contributed by atoms with van der Waals surface area (Å²) in [5.74, 6) is -0.780. The Balaban J connectivity index is 3.06. The van der Waals surface area contributed by atoms with Gasteiger partial charge in [0.05, 0.1) is 32.1 Å². The number of carbonyl (C=O) groups excluding carboxylic acids is 2. The standard InChI is InChI=1S/C15H19NO5/c1-10(2)21-13-8-6-5-7-11(13)16-12(15(18)20-4)9-14(17)19-3/h5-10,16H,1-4H3/b12-9+. The molecular weight excluding hydrogens is 274 g/mol. The quantitative estimate of drug-likeness (QED) is 0.639. The van der Waals surface area contributed by atoms with Crippen LogP contribution in [0.1, 0.15) is 13.8 Å². The van der Waals surface area contributed by atoms with Crippen molar-refractivity contribution in [2.75, 3.05) is 19.5 Å². The monoisotopic (exact) mass is 293 g/mol. The van der Waals surface area contributed by atoms with Gasteiger partial charge in [-0.15, -0.1) is 0 Å². The smallest absolute Gasteiger partial charge is 0.354 e. The summed E-state index contributed by atoms with van der Waals surface area (Å²) in [7, 11) is 2.45. The lowest BCUT2D eigenvalue weighted by molar-refractivity contribution is -0.138. The molecule has 0 spiro atoms. The highest BCUT2D eigenvalue weighted by molar-refractivity contribution is 5.99. The molecule has 0 fully saturated rings. The van der Waals surface area contributed by atoms with Crippen LogP contribution in [-0.2, 0) is 19.1 Å². The first kappa shape index (κ1) is 16.6. The van der Waals surface area contributed by atoms with E-state index in [1.54, 1.807) is 18.2 Å². The van der Waals surface area contributed by atoms with Crippen LogP contribution in [0.25, 0.3) is 0 Å². The highest BCUT2D eigenvalue weighted by atomic mass is 16.5. The van der Waals surface area contributed by atoms with Crippen LogP contribution in [0, 0.1) is 0 Å². The summed E-state index contributed by atoms with van der Waals surface area (Å²) >= 11 is 0.